The Morgan fingerprint density at radius 2 is 2.00 bits per heavy atom. The first-order chi connectivity index (χ1) is 7.84. The first-order valence-corrected chi connectivity index (χ1v) is 5.46. The topological polar surface area (TPSA) is 12.0 Å². The van der Waals surface area contributed by atoms with Crippen molar-refractivity contribution in [3.05, 3.63) is 34.6 Å². The smallest absolute Gasteiger partial charge is 0.306 e. The van der Waals surface area contributed by atoms with E-state index in [2.05, 4.69) is 5.32 Å². The van der Waals surface area contributed by atoms with Gasteiger partial charge in [-0.05, 0) is 36.7 Å². The Hall–Kier alpha value is -0.810. The molecule has 1 nitrogen and oxygen atoms in total. The van der Waals surface area contributed by atoms with Crippen LogP contribution in [-0.4, -0.2) is 18.8 Å². The molecule has 0 saturated carbocycles. The quantitative estimate of drug-likeness (QED) is 0.824. The molecule has 0 aliphatic carbocycles. The lowest BCUT2D eigenvalue weighted by Crippen LogP contribution is -2.43. The molecule has 0 aliphatic rings. The molecule has 1 aromatic rings. The summed E-state index contributed by atoms with van der Waals surface area (Å²) >= 11 is 5.62. The lowest BCUT2D eigenvalue weighted by atomic mass is 10.0. The minimum Gasteiger partial charge on any atom is -0.306 e. The summed E-state index contributed by atoms with van der Waals surface area (Å²) in [6.45, 7) is 1.72. The second kappa shape index (κ2) is 5.69. The monoisotopic (exact) mass is 269 g/mol. The van der Waals surface area contributed by atoms with Gasteiger partial charge in [0.2, 0.25) is 0 Å². The molecule has 0 spiro atoms. The van der Waals surface area contributed by atoms with Crippen molar-refractivity contribution in [2.45, 2.75) is 25.6 Å². The van der Waals surface area contributed by atoms with Crippen molar-refractivity contribution in [3.8, 4) is 0 Å². The zero-order chi connectivity index (χ0) is 13.1. The molecule has 0 aromatic heterocycles. The standard InChI is InChI=1S/C11H12ClF4N/c1-2-17-10(11(14,15)16)6-7-5-8(12)3-4-9(7)13/h3-5,10,17H,2,6H2,1H3. The minimum absolute atomic E-state index is 0.0409. The van der Waals surface area contributed by atoms with Crippen LogP contribution in [0.25, 0.3) is 0 Å². The van der Waals surface area contributed by atoms with E-state index in [1.54, 1.807) is 6.92 Å². The summed E-state index contributed by atoms with van der Waals surface area (Å²) in [5, 5.41) is 2.50. The van der Waals surface area contributed by atoms with E-state index in [4.69, 9.17) is 11.6 Å². The van der Waals surface area contributed by atoms with Crippen molar-refractivity contribution in [1.29, 1.82) is 0 Å². The van der Waals surface area contributed by atoms with Gasteiger partial charge in [-0.2, -0.15) is 13.2 Å². The molecule has 0 fully saturated rings. The van der Waals surface area contributed by atoms with E-state index in [1.165, 1.54) is 12.1 Å². The van der Waals surface area contributed by atoms with E-state index in [9.17, 15) is 17.6 Å². The summed E-state index contributed by atoms with van der Waals surface area (Å²) in [5.74, 6) is -0.679. The molecule has 1 aromatic carbocycles. The highest BCUT2D eigenvalue weighted by Crippen LogP contribution is 2.25. The highest BCUT2D eigenvalue weighted by molar-refractivity contribution is 6.30. The predicted octanol–water partition coefficient (Wildman–Crippen LogP) is 3.56. The van der Waals surface area contributed by atoms with E-state index < -0.39 is 24.5 Å². The Labute approximate surface area is 102 Å². The number of nitrogens with one attached hydrogen (secondary N) is 1. The second-order valence-electron chi connectivity index (χ2n) is 3.59. The maximum atomic E-state index is 13.3. The second-order valence-corrected chi connectivity index (χ2v) is 4.03. The Kier molecular flexibility index (Phi) is 4.77. The highest BCUT2D eigenvalue weighted by Gasteiger charge is 2.39. The Morgan fingerprint density at radius 3 is 2.53 bits per heavy atom. The summed E-state index contributed by atoms with van der Waals surface area (Å²) in [7, 11) is 0. The van der Waals surface area contributed by atoms with Crippen LogP contribution in [0.1, 0.15) is 12.5 Å². The average molecular weight is 270 g/mol. The molecule has 1 unspecified atom stereocenters. The summed E-state index contributed by atoms with van der Waals surface area (Å²) in [5.41, 5.74) is -0.0409. The number of likely N-dealkylation sites (N-methyl/N-ethyl adjacent to an activating group) is 1. The molecular formula is C11H12ClF4N. The summed E-state index contributed by atoms with van der Waals surface area (Å²) in [6.07, 6.45) is -4.88. The number of rotatable bonds is 4. The van der Waals surface area contributed by atoms with Crippen molar-refractivity contribution in [1.82, 2.24) is 5.32 Å². The van der Waals surface area contributed by atoms with Crippen LogP contribution in [0.5, 0.6) is 0 Å². The van der Waals surface area contributed by atoms with Gasteiger partial charge in [-0.15, -0.1) is 0 Å². The lowest BCUT2D eigenvalue weighted by molar-refractivity contribution is -0.155. The third kappa shape index (κ3) is 4.16. The Morgan fingerprint density at radius 1 is 1.35 bits per heavy atom. The van der Waals surface area contributed by atoms with Crippen molar-refractivity contribution >= 4 is 11.6 Å². The first-order valence-electron chi connectivity index (χ1n) is 5.08. The third-order valence-corrected chi connectivity index (χ3v) is 2.51. The number of alkyl halides is 3. The Balaban J connectivity index is 2.89. The van der Waals surface area contributed by atoms with Gasteiger partial charge in [-0.25, -0.2) is 4.39 Å². The van der Waals surface area contributed by atoms with E-state index in [1.807, 2.05) is 0 Å². The molecule has 1 rings (SSSR count). The van der Waals surface area contributed by atoms with Crippen molar-refractivity contribution in [2.24, 2.45) is 0 Å². The number of hydrogen-bond donors (Lipinski definition) is 1. The van der Waals surface area contributed by atoms with Crippen molar-refractivity contribution in [2.75, 3.05) is 6.54 Å². The van der Waals surface area contributed by atoms with Crippen LogP contribution >= 0.6 is 11.6 Å². The van der Waals surface area contributed by atoms with Gasteiger partial charge in [0.1, 0.15) is 11.9 Å². The molecule has 0 radical (unpaired) electrons. The highest BCUT2D eigenvalue weighted by atomic mass is 35.5. The number of benzene rings is 1. The van der Waals surface area contributed by atoms with Gasteiger partial charge in [0, 0.05) is 5.02 Å². The zero-order valence-corrected chi connectivity index (χ0v) is 9.87. The van der Waals surface area contributed by atoms with Crippen LogP contribution in [0, 0.1) is 5.82 Å². The van der Waals surface area contributed by atoms with Gasteiger partial charge in [0.25, 0.3) is 0 Å². The minimum atomic E-state index is -4.41. The van der Waals surface area contributed by atoms with Gasteiger partial charge < -0.3 is 5.32 Å². The molecule has 1 atom stereocenters. The van der Waals surface area contributed by atoms with Crippen LogP contribution in [0.3, 0.4) is 0 Å². The fraction of sp³-hybridized carbons (Fsp3) is 0.455. The predicted molar refractivity (Wildman–Crippen MR) is 58.6 cm³/mol. The fourth-order valence-corrected chi connectivity index (χ4v) is 1.66. The van der Waals surface area contributed by atoms with Gasteiger partial charge in [0.15, 0.2) is 0 Å². The summed E-state index contributed by atoms with van der Waals surface area (Å²) in [4.78, 5) is 0. The van der Waals surface area contributed by atoms with E-state index in [-0.39, 0.29) is 17.1 Å². The normalized spacial score (nSPS) is 13.8. The molecular weight excluding hydrogens is 258 g/mol. The zero-order valence-electron chi connectivity index (χ0n) is 9.11. The lowest BCUT2D eigenvalue weighted by Gasteiger charge is -2.21. The molecule has 96 valence electrons. The molecule has 17 heavy (non-hydrogen) atoms. The molecule has 0 bridgehead atoms. The first kappa shape index (κ1) is 14.3. The molecule has 1 N–H and O–H groups in total. The molecule has 0 saturated heterocycles. The average Bonchev–Trinajstić information content (AvgIpc) is 2.21. The number of halogens is 5. The molecule has 0 amide bonds. The maximum absolute atomic E-state index is 13.3. The van der Waals surface area contributed by atoms with Gasteiger partial charge >= 0.3 is 6.18 Å². The largest absolute Gasteiger partial charge is 0.404 e. The molecule has 6 heteroatoms. The SMILES string of the molecule is CCNC(Cc1cc(Cl)ccc1F)C(F)(F)F. The number of hydrogen-bond acceptors (Lipinski definition) is 1. The molecule has 0 aliphatic heterocycles. The van der Waals surface area contributed by atoms with Crippen LogP contribution in [0.2, 0.25) is 5.02 Å². The van der Waals surface area contributed by atoms with Gasteiger partial charge in [-0.3, -0.25) is 0 Å². The van der Waals surface area contributed by atoms with Crippen LogP contribution in [-0.2, 0) is 6.42 Å². The van der Waals surface area contributed by atoms with Gasteiger partial charge in [-0.1, -0.05) is 18.5 Å². The summed E-state index contributed by atoms with van der Waals surface area (Å²) in [6, 6.07) is 1.82. The molecule has 0 heterocycles. The maximum Gasteiger partial charge on any atom is 0.404 e. The van der Waals surface area contributed by atoms with Crippen molar-refractivity contribution in [3.63, 3.8) is 0 Å². The van der Waals surface area contributed by atoms with Crippen LogP contribution < -0.4 is 5.32 Å². The summed E-state index contributed by atoms with van der Waals surface area (Å²) < 4.78 is 51.1. The Bertz CT molecular complexity index is 378. The van der Waals surface area contributed by atoms with E-state index in [0.717, 1.165) is 6.07 Å². The van der Waals surface area contributed by atoms with Crippen LogP contribution in [0.4, 0.5) is 17.6 Å². The fourth-order valence-electron chi connectivity index (χ4n) is 1.47. The van der Waals surface area contributed by atoms with E-state index in [0.29, 0.717) is 0 Å². The van der Waals surface area contributed by atoms with Crippen LogP contribution in [0.15, 0.2) is 18.2 Å². The van der Waals surface area contributed by atoms with Crippen molar-refractivity contribution < 1.29 is 17.6 Å². The van der Waals surface area contributed by atoms with Gasteiger partial charge in [0.05, 0.1) is 0 Å². The van der Waals surface area contributed by atoms with E-state index >= 15 is 0 Å². The third-order valence-electron chi connectivity index (χ3n) is 2.28.